The molecular weight excluding hydrogens is 245 g/mol. The van der Waals surface area contributed by atoms with E-state index in [0.717, 1.165) is 23.6 Å². The molecule has 0 fully saturated rings. The van der Waals surface area contributed by atoms with E-state index in [-0.39, 0.29) is 0 Å². The first-order valence-electron chi connectivity index (χ1n) is 6.24. The lowest BCUT2D eigenvalue weighted by Gasteiger charge is -2.05. The van der Waals surface area contributed by atoms with Gasteiger partial charge in [-0.05, 0) is 23.8 Å². The lowest BCUT2D eigenvalue weighted by molar-refractivity contribution is 0.414. The topological polar surface area (TPSA) is 39.1 Å². The van der Waals surface area contributed by atoms with Gasteiger partial charge in [0.2, 0.25) is 0 Å². The summed E-state index contributed by atoms with van der Waals surface area (Å²) in [5.74, 6) is 0.853. The standard InChI is InChI=1S/C14H18FN3O/c1-19-14-4-2-3-12(9-14)10-16-11-13-5-7-18(17-13)8-6-15/h2-5,7,9,16H,6,8,10-11H2,1H3. The first-order valence-corrected chi connectivity index (χ1v) is 6.24. The van der Waals surface area contributed by atoms with Crippen LogP contribution in [0.2, 0.25) is 0 Å². The van der Waals surface area contributed by atoms with Crippen LogP contribution < -0.4 is 10.1 Å². The number of aromatic nitrogens is 2. The minimum Gasteiger partial charge on any atom is -0.497 e. The van der Waals surface area contributed by atoms with Gasteiger partial charge in [-0.15, -0.1) is 0 Å². The molecule has 0 radical (unpaired) electrons. The number of hydrogen-bond donors (Lipinski definition) is 1. The summed E-state index contributed by atoms with van der Waals surface area (Å²) in [6.07, 6.45) is 1.79. The van der Waals surface area contributed by atoms with Crippen LogP contribution in [0.5, 0.6) is 5.75 Å². The summed E-state index contributed by atoms with van der Waals surface area (Å²) in [5.41, 5.74) is 2.07. The van der Waals surface area contributed by atoms with Crippen LogP contribution in [0.1, 0.15) is 11.3 Å². The average Bonchev–Trinajstić information content (AvgIpc) is 2.87. The molecule has 1 aromatic heterocycles. The maximum atomic E-state index is 12.1. The van der Waals surface area contributed by atoms with Crippen LogP contribution in [0.4, 0.5) is 4.39 Å². The number of aryl methyl sites for hydroxylation is 1. The summed E-state index contributed by atoms with van der Waals surface area (Å²) < 4.78 is 18.9. The molecule has 0 atom stereocenters. The fourth-order valence-electron chi connectivity index (χ4n) is 1.83. The van der Waals surface area contributed by atoms with Crippen molar-refractivity contribution in [2.45, 2.75) is 19.6 Å². The van der Waals surface area contributed by atoms with Crippen molar-refractivity contribution in [3.05, 3.63) is 47.8 Å². The predicted octanol–water partition coefficient (Wildman–Crippen LogP) is 2.15. The summed E-state index contributed by atoms with van der Waals surface area (Å²) in [6.45, 7) is 1.33. The number of hydrogen-bond acceptors (Lipinski definition) is 3. The number of ether oxygens (including phenoxy) is 1. The van der Waals surface area contributed by atoms with Gasteiger partial charge < -0.3 is 10.1 Å². The van der Waals surface area contributed by atoms with Gasteiger partial charge in [-0.25, -0.2) is 4.39 Å². The van der Waals surface area contributed by atoms with Crippen LogP contribution in [0.3, 0.4) is 0 Å². The minimum absolute atomic E-state index is 0.315. The molecule has 4 nitrogen and oxygen atoms in total. The number of alkyl halides is 1. The van der Waals surface area contributed by atoms with Crippen molar-refractivity contribution < 1.29 is 9.13 Å². The molecule has 0 aliphatic carbocycles. The van der Waals surface area contributed by atoms with Crippen LogP contribution >= 0.6 is 0 Å². The summed E-state index contributed by atoms with van der Waals surface area (Å²) in [7, 11) is 1.66. The van der Waals surface area contributed by atoms with E-state index in [2.05, 4.69) is 10.4 Å². The molecule has 0 amide bonds. The van der Waals surface area contributed by atoms with E-state index < -0.39 is 6.67 Å². The average molecular weight is 263 g/mol. The van der Waals surface area contributed by atoms with E-state index >= 15 is 0 Å². The van der Waals surface area contributed by atoms with Crippen LogP contribution in [-0.2, 0) is 19.6 Å². The number of halogens is 1. The van der Waals surface area contributed by atoms with E-state index in [1.807, 2.05) is 30.3 Å². The van der Waals surface area contributed by atoms with Gasteiger partial charge in [-0.1, -0.05) is 12.1 Å². The third-order valence-corrected chi connectivity index (χ3v) is 2.78. The van der Waals surface area contributed by atoms with Crippen LogP contribution in [-0.4, -0.2) is 23.6 Å². The molecule has 0 unspecified atom stereocenters. The zero-order valence-electron chi connectivity index (χ0n) is 11.0. The van der Waals surface area contributed by atoms with E-state index in [9.17, 15) is 4.39 Å². The monoisotopic (exact) mass is 263 g/mol. The van der Waals surface area contributed by atoms with E-state index in [4.69, 9.17) is 4.74 Å². The van der Waals surface area contributed by atoms with Crippen LogP contribution in [0, 0.1) is 0 Å². The Morgan fingerprint density at radius 1 is 1.32 bits per heavy atom. The third-order valence-electron chi connectivity index (χ3n) is 2.78. The second-order valence-electron chi connectivity index (χ2n) is 4.21. The first-order chi connectivity index (χ1) is 9.31. The maximum absolute atomic E-state index is 12.1. The van der Waals surface area contributed by atoms with Crippen molar-refractivity contribution >= 4 is 0 Å². The molecule has 0 aliphatic heterocycles. The fourth-order valence-corrected chi connectivity index (χ4v) is 1.83. The Morgan fingerprint density at radius 3 is 3.00 bits per heavy atom. The Labute approximate surface area is 112 Å². The Bertz CT molecular complexity index is 513. The molecular formula is C14H18FN3O. The number of benzene rings is 1. The van der Waals surface area contributed by atoms with Gasteiger partial charge in [0, 0.05) is 19.3 Å². The number of nitrogens with zero attached hydrogens (tertiary/aromatic N) is 2. The molecule has 2 rings (SSSR count). The van der Waals surface area contributed by atoms with Crippen molar-refractivity contribution in [1.82, 2.24) is 15.1 Å². The van der Waals surface area contributed by atoms with Gasteiger partial charge in [-0.3, -0.25) is 4.68 Å². The van der Waals surface area contributed by atoms with Gasteiger partial charge in [0.15, 0.2) is 0 Å². The van der Waals surface area contributed by atoms with Crippen molar-refractivity contribution in [3.8, 4) is 5.75 Å². The highest BCUT2D eigenvalue weighted by Gasteiger charge is 2.00. The van der Waals surface area contributed by atoms with Crippen molar-refractivity contribution in [1.29, 1.82) is 0 Å². The van der Waals surface area contributed by atoms with Crippen LogP contribution in [0.15, 0.2) is 36.5 Å². The normalized spacial score (nSPS) is 10.6. The van der Waals surface area contributed by atoms with Crippen molar-refractivity contribution in [3.63, 3.8) is 0 Å². The molecule has 1 aromatic carbocycles. The highest BCUT2D eigenvalue weighted by atomic mass is 19.1. The van der Waals surface area contributed by atoms with E-state index in [1.165, 1.54) is 0 Å². The summed E-state index contributed by atoms with van der Waals surface area (Å²) in [6, 6.07) is 9.81. The first kappa shape index (κ1) is 13.5. The smallest absolute Gasteiger partial charge is 0.119 e. The largest absolute Gasteiger partial charge is 0.497 e. The molecule has 0 bridgehead atoms. The molecule has 0 saturated carbocycles. The Hall–Kier alpha value is -1.88. The van der Waals surface area contributed by atoms with Gasteiger partial charge in [0.1, 0.15) is 12.4 Å². The lowest BCUT2D eigenvalue weighted by atomic mass is 10.2. The van der Waals surface area contributed by atoms with E-state index in [0.29, 0.717) is 13.1 Å². The third kappa shape index (κ3) is 4.06. The van der Waals surface area contributed by atoms with Crippen LogP contribution in [0.25, 0.3) is 0 Å². The quantitative estimate of drug-likeness (QED) is 0.832. The molecule has 102 valence electrons. The minimum atomic E-state index is -0.391. The zero-order chi connectivity index (χ0) is 13.5. The predicted molar refractivity (Wildman–Crippen MR) is 71.7 cm³/mol. The molecule has 1 heterocycles. The highest BCUT2D eigenvalue weighted by molar-refractivity contribution is 5.28. The molecule has 0 saturated heterocycles. The molecule has 19 heavy (non-hydrogen) atoms. The second-order valence-corrected chi connectivity index (χ2v) is 4.21. The van der Waals surface area contributed by atoms with Gasteiger partial charge in [0.05, 0.1) is 19.3 Å². The van der Waals surface area contributed by atoms with Gasteiger partial charge in [0.25, 0.3) is 0 Å². The second kappa shape index (κ2) is 6.89. The highest BCUT2D eigenvalue weighted by Crippen LogP contribution is 2.12. The van der Waals surface area contributed by atoms with Gasteiger partial charge in [-0.2, -0.15) is 5.10 Å². The molecule has 1 N–H and O–H groups in total. The number of nitrogens with one attached hydrogen (secondary N) is 1. The number of rotatable bonds is 7. The molecule has 0 aliphatic rings. The lowest BCUT2D eigenvalue weighted by Crippen LogP contribution is -2.13. The molecule has 5 heteroatoms. The number of methoxy groups -OCH3 is 1. The van der Waals surface area contributed by atoms with E-state index in [1.54, 1.807) is 18.0 Å². The Balaban J connectivity index is 1.81. The SMILES string of the molecule is COc1cccc(CNCc2ccn(CCF)n2)c1. The Kier molecular flexibility index (Phi) is 4.92. The Morgan fingerprint density at radius 2 is 2.21 bits per heavy atom. The zero-order valence-corrected chi connectivity index (χ0v) is 11.0. The summed E-state index contributed by atoms with van der Waals surface area (Å²) in [4.78, 5) is 0. The molecule has 0 spiro atoms. The summed E-state index contributed by atoms with van der Waals surface area (Å²) in [5, 5.41) is 7.55. The maximum Gasteiger partial charge on any atom is 0.119 e. The summed E-state index contributed by atoms with van der Waals surface area (Å²) >= 11 is 0. The van der Waals surface area contributed by atoms with Crippen molar-refractivity contribution in [2.75, 3.05) is 13.8 Å². The van der Waals surface area contributed by atoms with Crippen molar-refractivity contribution in [2.24, 2.45) is 0 Å². The fraction of sp³-hybridized carbons (Fsp3) is 0.357. The molecule has 2 aromatic rings. The van der Waals surface area contributed by atoms with Gasteiger partial charge >= 0.3 is 0 Å².